The van der Waals surface area contributed by atoms with Crippen LogP contribution in [-0.2, 0) is 9.47 Å². The maximum absolute atomic E-state index is 12.0. The highest BCUT2D eigenvalue weighted by Crippen LogP contribution is 2.20. The zero-order valence-corrected chi connectivity index (χ0v) is 12.4. The maximum atomic E-state index is 12.0. The number of nitrogens with zero attached hydrogens (tertiary/aromatic N) is 2. The van der Waals surface area contributed by atoms with Crippen molar-refractivity contribution >= 4 is 5.91 Å². The zero-order chi connectivity index (χ0) is 15.1. The lowest BCUT2D eigenvalue weighted by Gasteiger charge is -2.16. The average Bonchev–Trinajstić information content (AvgIpc) is 3.15. The first-order valence-electron chi connectivity index (χ1n) is 7.33. The van der Waals surface area contributed by atoms with Crippen LogP contribution in [0.2, 0.25) is 0 Å². The van der Waals surface area contributed by atoms with Gasteiger partial charge in [-0.15, -0.1) is 0 Å². The molecule has 2 N–H and O–H groups in total. The number of hydrogen-bond donors (Lipinski definition) is 2. The second kappa shape index (κ2) is 8.06. The number of nitrogens with one attached hydrogen (secondary N) is 2. The molecule has 0 saturated carbocycles. The van der Waals surface area contributed by atoms with Gasteiger partial charge in [-0.3, -0.25) is 4.79 Å². The zero-order valence-electron chi connectivity index (χ0n) is 12.4. The fourth-order valence-electron chi connectivity index (χ4n) is 2.16. The fourth-order valence-corrected chi connectivity index (χ4v) is 2.16. The number of hydrogen-bond acceptors (Lipinski definition) is 7. The van der Waals surface area contributed by atoms with E-state index in [2.05, 4.69) is 20.8 Å². The van der Waals surface area contributed by atoms with Crippen LogP contribution < -0.4 is 10.6 Å². The predicted molar refractivity (Wildman–Crippen MR) is 73.6 cm³/mol. The third-order valence-electron chi connectivity index (χ3n) is 3.14. The van der Waals surface area contributed by atoms with E-state index in [0.717, 1.165) is 19.4 Å². The topological polar surface area (TPSA) is 98.5 Å². The lowest BCUT2D eigenvalue weighted by atomic mass is 10.2. The summed E-state index contributed by atoms with van der Waals surface area (Å²) < 4.78 is 15.8. The molecule has 1 aromatic rings. The Morgan fingerprint density at radius 3 is 2.86 bits per heavy atom. The van der Waals surface area contributed by atoms with E-state index in [4.69, 9.17) is 14.0 Å². The van der Waals surface area contributed by atoms with Gasteiger partial charge in [-0.1, -0.05) is 5.16 Å². The van der Waals surface area contributed by atoms with Gasteiger partial charge in [0.1, 0.15) is 0 Å². The predicted octanol–water partition coefficient (Wildman–Crippen LogP) is 0.623. The van der Waals surface area contributed by atoms with Gasteiger partial charge in [0, 0.05) is 13.2 Å². The number of carbonyl (C=O) groups is 1. The summed E-state index contributed by atoms with van der Waals surface area (Å²) in [4.78, 5) is 16.1. The van der Waals surface area contributed by atoms with E-state index in [0.29, 0.717) is 19.1 Å². The average molecular weight is 298 g/mol. The molecule has 0 spiro atoms. The Kier molecular flexibility index (Phi) is 6.09. The normalized spacial score (nSPS) is 18.3. The van der Waals surface area contributed by atoms with E-state index in [-0.39, 0.29) is 18.4 Å². The quantitative estimate of drug-likeness (QED) is 0.679. The van der Waals surface area contributed by atoms with Gasteiger partial charge in [0.05, 0.1) is 12.6 Å². The number of amides is 1. The minimum Gasteiger partial charge on any atom is -0.351 e. The lowest BCUT2D eigenvalue weighted by molar-refractivity contribution is -0.131. The van der Waals surface area contributed by atoms with Crippen LogP contribution in [0, 0.1) is 0 Å². The molecule has 0 aromatic carbocycles. The second-order valence-corrected chi connectivity index (χ2v) is 4.66. The van der Waals surface area contributed by atoms with E-state index < -0.39 is 12.2 Å². The smallest absolute Gasteiger partial charge is 0.292 e. The van der Waals surface area contributed by atoms with E-state index in [1.54, 1.807) is 0 Å². The summed E-state index contributed by atoms with van der Waals surface area (Å²) in [6.07, 6.45) is 1.55. The Morgan fingerprint density at radius 1 is 1.48 bits per heavy atom. The largest absolute Gasteiger partial charge is 0.351 e. The van der Waals surface area contributed by atoms with Crippen LogP contribution in [0.4, 0.5) is 0 Å². The van der Waals surface area contributed by atoms with Crippen LogP contribution in [0.1, 0.15) is 49.2 Å². The van der Waals surface area contributed by atoms with Gasteiger partial charge in [-0.05, 0) is 33.2 Å². The molecule has 1 aliphatic heterocycles. The van der Waals surface area contributed by atoms with E-state index in [9.17, 15) is 4.79 Å². The number of carbonyl (C=O) groups excluding carboxylic acids is 1. The van der Waals surface area contributed by atoms with Crippen molar-refractivity contribution in [2.24, 2.45) is 0 Å². The van der Waals surface area contributed by atoms with Crippen molar-refractivity contribution in [3.63, 3.8) is 0 Å². The molecule has 118 valence electrons. The molecule has 1 aromatic heterocycles. The summed E-state index contributed by atoms with van der Waals surface area (Å²) in [5.41, 5.74) is 0. The standard InChI is InChI=1S/C13H22N4O4/c1-3-19-10(20-4-2)8-15-12(18)11-16-13(21-17-11)9-6-5-7-14-9/h9-10,14H,3-8H2,1-2H3,(H,15,18). The van der Waals surface area contributed by atoms with Crippen molar-refractivity contribution in [1.29, 1.82) is 0 Å². The molecule has 1 amide bonds. The van der Waals surface area contributed by atoms with Crippen molar-refractivity contribution in [2.75, 3.05) is 26.3 Å². The first-order chi connectivity index (χ1) is 10.2. The van der Waals surface area contributed by atoms with Crippen LogP contribution in [0.15, 0.2) is 4.52 Å². The van der Waals surface area contributed by atoms with Crippen LogP contribution in [0.25, 0.3) is 0 Å². The first kappa shape index (κ1) is 15.9. The molecule has 0 aliphatic carbocycles. The minimum absolute atomic E-state index is 0.0328. The molecule has 1 fully saturated rings. The van der Waals surface area contributed by atoms with Crippen molar-refractivity contribution in [3.05, 3.63) is 11.7 Å². The summed E-state index contributed by atoms with van der Waals surface area (Å²) >= 11 is 0. The molecule has 1 saturated heterocycles. The van der Waals surface area contributed by atoms with E-state index in [1.807, 2.05) is 13.8 Å². The molecule has 0 bridgehead atoms. The fraction of sp³-hybridized carbons (Fsp3) is 0.769. The summed E-state index contributed by atoms with van der Waals surface area (Å²) in [5.74, 6) is 0.0988. The van der Waals surface area contributed by atoms with Crippen molar-refractivity contribution in [3.8, 4) is 0 Å². The van der Waals surface area contributed by atoms with Gasteiger partial charge in [-0.2, -0.15) is 4.98 Å². The van der Waals surface area contributed by atoms with Gasteiger partial charge in [-0.25, -0.2) is 0 Å². The van der Waals surface area contributed by atoms with Gasteiger partial charge >= 0.3 is 0 Å². The molecular formula is C13H22N4O4. The van der Waals surface area contributed by atoms with Crippen molar-refractivity contribution in [1.82, 2.24) is 20.8 Å². The summed E-state index contributed by atoms with van der Waals surface area (Å²) in [6, 6.07) is 0.0543. The summed E-state index contributed by atoms with van der Waals surface area (Å²) in [7, 11) is 0. The monoisotopic (exact) mass is 298 g/mol. The Balaban J connectivity index is 1.84. The third kappa shape index (κ3) is 4.48. The number of aromatic nitrogens is 2. The highest BCUT2D eigenvalue weighted by Gasteiger charge is 2.24. The SMILES string of the molecule is CCOC(CNC(=O)c1noc(C2CCCN2)n1)OCC. The van der Waals surface area contributed by atoms with Gasteiger partial charge in [0.15, 0.2) is 6.29 Å². The van der Waals surface area contributed by atoms with Crippen LogP contribution in [0.5, 0.6) is 0 Å². The van der Waals surface area contributed by atoms with Crippen molar-refractivity contribution < 1.29 is 18.8 Å². The molecule has 8 nitrogen and oxygen atoms in total. The van der Waals surface area contributed by atoms with E-state index >= 15 is 0 Å². The lowest BCUT2D eigenvalue weighted by Crippen LogP contribution is -2.35. The Hall–Kier alpha value is -1.51. The molecule has 1 unspecified atom stereocenters. The van der Waals surface area contributed by atoms with Gasteiger partial charge < -0.3 is 24.6 Å². The second-order valence-electron chi connectivity index (χ2n) is 4.66. The van der Waals surface area contributed by atoms with Gasteiger partial charge in [0.2, 0.25) is 5.89 Å². The Morgan fingerprint density at radius 2 is 2.24 bits per heavy atom. The Bertz CT molecular complexity index is 439. The molecule has 0 radical (unpaired) electrons. The summed E-state index contributed by atoms with van der Waals surface area (Å²) in [5, 5.41) is 9.63. The molecule has 1 atom stereocenters. The maximum Gasteiger partial charge on any atom is 0.292 e. The van der Waals surface area contributed by atoms with Gasteiger partial charge in [0.25, 0.3) is 11.7 Å². The van der Waals surface area contributed by atoms with Crippen LogP contribution in [-0.4, -0.2) is 48.6 Å². The van der Waals surface area contributed by atoms with E-state index in [1.165, 1.54) is 0 Å². The minimum atomic E-state index is -0.466. The Labute approximate surface area is 123 Å². The van der Waals surface area contributed by atoms with Crippen molar-refractivity contribution in [2.45, 2.75) is 39.0 Å². The number of ether oxygens (including phenoxy) is 2. The molecular weight excluding hydrogens is 276 g/mol. The molecule has 1 aliphatic rings. The number of rotatable bonds is 8. The summed E-state index contributed by atoms with van der Waals surface area (Å²) in [6.45, 7) is 5.94. The van der Waals surface area contributed by atoms with Crippen LogP contribution >= 0.6 is 0 Å². The highest BCUT2D eigenvalue weighted by molar-refractivity contribution is 5.90. The molecule has 2 heterocycles. The van der Waals surface area contributed by atoms with Crippen LogP contribution in [0.3, 0.4) is 0 Å². The first-order valence-corrected chi connectivity index (χ1v) is 7.33. The molecule has 21 heavy (non-hydrogen) atoms. The molecule has 2 rings (SSSR count). The molecule has 8 heteroatoms. The third-order valence-corrected chi connectivity index (χ3v) is 3.14. The highest BCUT2D eigenvalue weighted by atomic mass is 16.7.